The van der Waals surface area contributed by atoms with Crippen molar-refractivity contribution in [3.05, 3.63) is 0 Å². The highest BCUT2D eigenvalue weighted by Gasteiger charge is 2.48. The Balaban J connectivity index is 5.09. The van der Waals surface area contributed by atoms with Gasteiger partial charge in [0.2, 0.25) is 0 Å². The fraction of sp³-hybridized carbons (Fsp3) is 0.929. The van der Waals surface area contributed by atoms with Crippen molar-refractivity contribution in [2.75, 3.05) is 0 Å². The zero-order valence-electron chi connectivity index (χ0n) is 22.1. The van der Waals surface area contributed by atoms with Crippen LogP contribution in [0, 0.1) is 29.1 Å². The summed E-state index contributed by atoms with van der Waals surface area (Å²) >= 11 is 0. The fourth-order valence-corrected chi connectivity index (χ4v) is 5.71. The Morgan fingerprint density at radius 1 is 0.656 bits per heavy atom. The Labute approximate surface area is 199 Å². The van der Waals surface area contributed by atoms with Crippen molar-refractivity contribution in [1.82, 2.24) is 0 Å². The Morgan fingerprint density at radius 3 is 1.59 bits per heavy atom. The van der Waals surface area contributed by atoms with E-state index >= 15 is 0 Å². The van der Waals surface area contributed by atoms with Crippen LogP contribution in [0.25, 0.3) is 0 Å². The van der Waals surface area contributed by atoms with E-state index in [9.17, 15) is 14.7 Å². The Bertz CT molecular complexity index is 492. The van der Waals surface area contributed by atoms with Gasteiger partial charge in [0.05, 0.1) is 11.8 Å². The summed E-state index contributed by atoms with van der Waals surface area (Å²) in [5, 5.41) is 19.3. The van der Waals surface area contributed by atoms with E-state index in [4.69, 9.17) is 5.11 Å². The van der Waals surface area contributed by atoms with Crippen molar-refractivity contribution in [2.24, 2.45) is 29.1 Å². The van der Waals surface area contributed by atoms with Crippen molar-refractivity contribution < 1.29 is 19.8 Å². The molecule has 0 saturated carbocycles. The maximum absolute atomic E-state index is 12.6. The third-order valence-corrected chi connectivity index (χ3v) is 8.27. The first-order valence-corrected chi connectivity index (χ1v) is 13.6. The zero-order chi connectivity index (χ0) is 24.6. The molecule has 0 bridgehead atoms. The molecule has 0 heterocycles. The Kier molecular flexibility index (Phi) is 16.8. The third-order valence-electron chi connectivity index (χ3n) is 8.27. The van der Waals surface area contributed by atoms with Crippen LogP contribution < -0.4 is 0 Å². The monoisotopic (exact) mass is 454 g/mol. The molecule has 0 aromatic rings. The van der Waals surface area contributed by atoms with E-state index in [-0.39, 0.29) is 17.3 Å². The molecule has 0 aromatic heterocycles. The van der Waals surface area contributed by atoms with E-state index in [0.29, 0.717) is 11.8 Å². The number of carbonyl (C=O) groups is 2. The molecule has 190 valence electrons. The van der Waals surface area contributed by atoms with Gasteiger partial charge in [-0.2, -0.15) is 0 Å². The topological polar surface area (TPSA) is 74.6 Å². The summed E-state index contributed by atoms with van der Waals surface area (Å²) in [7, 11) is 0. The predicted octanol–water partition coefficient (Wildman–Crippen LogP) is 8.58. The Hall–Kier alpha value is -1.06. The van der Waals surface area contributed by atoms with Crippen LogP contribution in [0.4, 0.5) is 0 Å². The van der Waals surface area contributed by atoms with E-state index in [0.717, 1.165) is 70.6 Å². The summed E-state index contributed by atoms with van der Waals surface area (Å²) in [5.74, 6) is -1.05. The van der Waals surface area contributed by atoms with Crippen molar-refractivity contribution >= 4 is 11.9 Å². The molecule has 4 unspecified atom stereocenters. The standard InChI is InChI=1S/C28H54O4/c1-7-10-11-15-18-21-28(23(5)8-2,24(6)9-3)25(27(31)32)20-17-14-12-13-16-19-22(4)26(29)30/h22-25H,7-21H2,1-6H3,(H,29,30)(H,31,32). The quantitative estimate of drug-likeness (QED) is 0.170. The molecule has 0 aliphatic heterocycles. The lowest BCUT2D eigenvalue weighted by Crippen LogP contribution is -2.46. The summed E-state index contributed by atoms with van der Waals surface area (Å²) < 4.78 is 0. The number of hydrogen-bond donors (Lipinski definition) is 2. The second-order valence-corrected chi connectivity index (χ2v) is 10.4. The molecule has 0 spiro atoms. The molecule has 2 N–H and O–H groups in total. The average molecular weight is 455 g/mol. The van der Waals surface area contributed by atoms with Crippen LogP contribution in [0.1, 0.15) is 138 Å². The number of rotatable bonds is 21. The zero-order valence-corrected chi connectivity index (χ0v) is 22.1. The summed E-state index contributed by atoms with van der Waals surface area (Å²) in [6.45, 7) is 13.0. The largest absolute Gasteiger partial charge is 0.481 e. The van der Waals surface area contributed by atoms with Crippen LogP contribution >= 0.6 is 0 Å². The van der Waals surface area contributed by atoms with Crippen LogP contribution in [-0.4, -0.2) is 22.2 Å². The fourth-order valence-electron chi connectivity index (χ4n) is 5.71. The van der Waals surface area contributed by atoms with E-state index < -0.39 is 11.9 Å². The second-order valence-electron chi connectivity index (χ2n) is 10.4. The van der Waals surface area contributed by atoms with E-state index in [1.807, 2.05) is 0 Å². The molecule has 0 aliphatic rings. The average Bonchev–Trinajstić information content (AvgIpc) is 2.77. The van der Waals surface area contributed by atoms with Gasteiger partial charge in [-0.15, -0.1) is 0 Å². The summed E-state index contributed by atoms with van der Waals surface area (Å²) in [6, 6.07) is 0. The van der Waals surface area contributed by atoms with Crippen LogP contribution in [0.5, 0.6) is 0 Å². The van der Waals surface area contributed by atoms with Gasteiger partial charge in [0, 0.05) is 0 Å². The first-order valence-electron chi connectivity index (χ1n) is 13.6. The lowest BCUT2D eigenvalue weighted by molar-refractivity contribution is -0.153. The van der Waals surface area contributed by atoms with E-state index in [1.165, 1.54) is 25.7 Å². The highest BCUT2D eigenvalue weighted by molar-refractivity contribution is 5.71. The van der Waals surface area contributed by atoms with Gasteiger partial charge in [0.15, 0.2) is 0 Å². The lowest BCUT2D eigenvalue weighted by Gasteiger charge is -2.48. The van der Waals surface area contributed by atoms with Gasteiger partial charge in [-0.3, -0.25) is 9.59 Å². The number of carboxylic acid groups (broad SMARTS) is 2. The van der Waals surface area contributed by atoms with Crippen LogP contribution in [0.2, 0.25) is 0 Å². The van der Waals surface area contributed by atoms with E-state index in [2.05, 4.69) is 34.6 Å². The van der Waals surface area contributed by atoms with Gasteiger partial charge in [-0.1, -0.05) is 119 Å². The SMILES string of the molecule is CCCCCCCC(C(C)CC)(C(C)CC)C(CCCCCCCC(C)C(=O)O)C(=O)O. The molecule has 32 heavy (non-hydrogen) atoms. The number of hydrogen-bond acceptors (Lipinski definition) is 2. The van der Waals surface area contributed by atoms with Crippen LogP contribution in [0.3, 0.4) is 0 Å². The number of carboxylic acids is 2. The lowest BCUT2D eigenvalue weighted by atomic mass is 9.55. The minimum atomic E-state index is -0.713. The maximum Gasteiger partial charge on any atom is 0.307 e. The van der Waals surface area contributed by atoms with Crippen LogP contribution in [0.15, 0.2) is 0 Å². The van der Waals surface area contributed by atoms with Gasteiger partial charge in [0.1, 0.15) is 0 Å². The molecule has 0 fully saturated rings. The van der Waals surface area contributed by atoms with Crippen molar-refractivity contribution in [3.8, 4) is 0 Å². The summed E-state index contributed by atoms with van der Waals surface area (Å²) in [5.41, 5.74) is -0.127. The van der Waals surface area contributed by atoms with Crippen molar-refractivity contribution in [3.63, 3.8) is 0 Å². The van der Waals surface area contributed by atoms with Gasteiger partial charge < -0.3 is 10.2 Å². The molecule has 4 nitrogen and oxygen atoms in total. The molecule has 0 saturated heterocycles. The molecule has 0 aliphatic carbocycles. The van der Waals surface area contributed by atoms with E-state index in [1.54, 1.807) is 6.92 Å². The van der Waals surface area contributed by atoms with Crippen LogP contribution in [-0.2, 0) is 9.59 Å². The highest BCUT2D eigenvalue weighted by atomic mass is 16.4. The predicted molar refractivity (Wildman–Crippen MR) is 135 cm³/mol. The normalized spacial score (nSPS) is 17.3. The third kappa shape index (κ3) is 10.3. The van der Waals surface area contributed by atoms with Gasteiger partial charge in [-0.05, 0) is 36.5 Å². The van der Waals surface area contributed by atoms with Crippen molar-refractivity contribution in [2.45, 2.75) is 138 Å². The number of aliphatic carboxylic acids is 2. The van der Waals surface area contributed by atoms with Crippen molar-refractivity contribution in [1.29, 1.82) is 0 Å². The Morgan fingerprint density at radius 2 is 1.12 bits per heavy atom. The first kappa shape index (κ1) is 30.9. The molecule has 0 aromatic carbocycles. The smallest absolute Gasteiger partial charge is 0.307 e. The number of unbranched alkanes of at least 4 members (excludes halogenated alkanes) is 8. The molecule has 0 amide bonds. The van der Waals surface area contributed by atoms with Gasteiger partial charge in [-0.25, -0.2) is 0 Å². The molecule has 4 heteroatoms. The molecule has 0 rings (SSSR count). The van der Waals surface area contributed by atoms with Gasteiger partial charge >= 0.3 is 11.9 Å². The molecule has 4 atom stereocenters. The maximum atomic E-state index is 12.6. The second kappa shape index (κ2) is 17.4. The first-order chi connectivity index (χ1) is 15.2. The molecular weight excluding hydrogens is 400 g/mol. The molecular formula is C28H54O4. The highest BCUT2D eigenvalue weighted by Crippen LogP contribution is 2.51. The summed E-state index contributed by atoms with van der Waals surface area (Å²) in [4.78, 5) is 23.5. The minimum Gasteiger partial charge on any atom is -0.481 e. The van der Waals surface area contributed by atoms with Gasteiger partial charge in [0.25, 0.3) is 0 Å². The minimum absolute atomic E-state index is 0.127. The summed E-state index contributed by atoms with van der Waals surface area (Å²) in [6.07, 6.45) is 15.7. The molecule has 0 radical (unpaired) electrons.